The Labute approximate surface area is 140 Å². The van der Waals surface area contributed by atoms with Crippen LogP contribution in [0.1, 0.15) is 6.42 Å². The molecule has 2 aromatic rings. The van der Waals surface area contributed by atoms with Gasteiger partial charge < -0.3 is 15.5 Å². The maximum atomic E-state index is 11.8. The first-order valence-corrected chi connectivity index (χ1v) is 7.54. The van der Waals surface area contributed by atoms with Gasteiger partial charge in [0, 0.05) is 17.8 Å². The fraction of sp³-hybridized carbons (Fsp3) is 0.400. The molecule has 0 radical (unpaired) electrons. The molecule has 128 valence electrons. The quantitative estimate of drug-likeness (QED) is 0.565. The molecular weight excluding hydrogens is 310 g/mol. The lowest BCUT2D eigenvalue weighted by Gasteiger charge is -2.10. The van der Waals surface area contributed by atoms with Gasteiger partial charge in [-0.05, 0) is 56.5 Å². The van der Waals surface area contributed by atoms with Gasteiger partial charge in [0.25, 0.3) is 0 Å². The molecule has 0 aliphatic carbocycles. The molecule has 1 aromatic heterocycles. The topological polar surface area (TPSA) is 105 Å². The lowest BCUT2D eigenvalue weighted by Crippen LogP contribution is -2.36. The number of tetrazole rings is 1. The highest BCUT2D eigenvalue weighted by atomic mass is 16.2. The van der Waals surface area contributed by atoms with Crippen LogP contribution in [-0.4, -0.2) is 64.1 Å². The molecule has 0 spiro atoms. The van der Waals surface area contributed by atoms with Crippen molar-refractivity contribution in [2.45, 2.75) is 6.42 Å². The normalized spacial score (nSPS) is 10.7. The minimum atomic E-state index is -0.690. The van der Waals surface area contributed by atoms with Crippen molar-refractivity contribution < 1.29 is 9.59 Å². The Balaban J connectivity index is 1.84. The predicted molar refractivity (Wildman–Crippen MR) is 89.0 cm³/mol. The van der Waals surface area contributed by atoms with Crippen molar-refractivity contribution >= 4 is 17.5 Å². The second-order valence-electron chi connectivity index (χ2n) is 5.55. The summed E-state index contributed by atoms with van der Waals surface area (Å²) < 4.78 is 0. The van der Waals surface area contributed by atoms with Crippen molar-refractivity contribution in [2.75, 3.05) is 32.5 Å². The van der Waals surface area contributed by atoms with Crippen molar-refractivity contribution in [3.8, 4) is 11.4 Å². The molecule has 2 N–H and O–H groups in total. The molecule has 9 heteroatoms. The van der Waals surface area contributed by atoms with E-state index in [2.05, 4.69) is 26.0 Å². The summed E-state index contributed by atoms with van der Waals surface area (Å²) in [6, 6.07) is 6.87. The maximum absolute atomic E-state index is 11.8. The Hall–Kier alpha value is -2.81. The molecule has 0 saturated heterocycles. The summed E-state index contributed by atoms with van der Waals surface area (Å²) in [5.74, 6) is -0.840. The van der Waals surface area contributed by atoms with E-state index in [-0.39, 0.29) is 0 Å². The maximum Gasteiger partial charge on any atom is 0.313 e. The van der Waals surface area contributed by atoms with Crippen molar-refractivity contribution in [1.82, 2.24) is 30.4 Å². The van der Waals surface area contributed by atoms with Gasteiger partial charge in [-0.1, -0.05) is 0 Å². The molecule has 0 fully saturated rings. The molecule has 1 aromatic carbocycles. The molecule has 9 nitrogen and oxygen atoms in total. The number of nitrogens with zero attached hydrogens (tertiary/aromatic N) is 5. The van der Waals surface area contributed by atoms with Crippen LogP contribution in [0.5, 0.6) is 0 Å². The van der Waals surface area contributed by atoms with Crippen LogP contribution in [0.2, 0.25) is 0 Å². The van der Waals surface area contributed by atoms with E-state index in [0.717, 1.165) is 18.5 Å². The first-order chi connectivity index (χ1) is 11.5. The van der Waals surface area contributed by atoms with E-state index in [4.69, 9.17) is 0 Å². The number of hydrogen-bond acceptors (Lipinski definition) is 6. The Morgan fingerprint density at radius 1 is 1.17 bits per heavy atom. The summed E-state index contributed by atoms with van der Waals surface area (Å²) in [6.07, 6.45) is 0.784. The van der Waals surface area contributed by atoms with Crippen LogP contribution < -0.4 is 10.6 Å². The Bertz CT molecular complexity index is 694. The molecular formula is C15H21N7O2. The number of carbonyl (C=O) groups excluding carboxylic acids is 2. The van der Waals surface area contributed by atoms with E-state index in [1.165, 1.54) is 4.80 Å². The van der Waals surface area contributed by atoms with Gasteiger partial charge in [0.1, 0.15) is 0 Å². The molecule has 24 heavy (non-hydrogen) atoms. The third kappa shape index (κ3) is 5.13. The second kappa shape index (κ2) is 8.16. The first kappa shape index (κ1) is 17.5. The van der Waals surface area contributed by atoms with Gasteiger partial charge in [0.2, 0.25) is 5.82 Å². The van der Waals surface area contributed by atoms with Gasteiger partial charge in [-0.25, -0.2) is 0 Å². The fourth-order valence-corrected chi connectivity index (χ4v) is 1.97. The number of amides is 2. The lowest BCUT2D eigenvalue weighted by atomic mass is 10.2. The highest BCUT2D eigenvalue weighted by Crippen LogP contribution is 2.16. The zero-order valence-corrected chi connectivity index (χ0v) is 14.0. The zero-order chi connectivity index (χ0) is 17.5. The minimum absolute atomic E-state index is 0.460. The summed E-state index contributed by atoms with van der Waals surface area (Å²) in [4.78, 5) is 26.9. The summed E-state index contributed by atoms with van der Waals surface area (Å²) in [5.41, 5.74) is 1.30. The zero-order valence-electron chi connectivity index (χ0n) is 14.0. The van der Waals surface area contributed by atoms with Crippen LogP contribution in [0, 0.1) is 0 Å². The molecule has 0 saturated carbocycles. The molecule has 1 heterocycles. The Morgan fingerprint density at radius 2 is 1.88 bits per heavy atom. The molecule has 0 atom stereocenters. The van der Waals surface area contributed by atoms with E-state index in [1.807, 2.05) is 19.0 Å². The standard InChI is InChI=1S/C15H21N7O2/c1-21(2)10-4-9-16-14(23)15(24)17-12-7-5-11(6-8-12)13-18-20-22(3)19-13/h5-8H,4,9-10H2,1-3H3,(H,16,23)(H,17,24). The van der Waals surface area contributed by atoms with Crippen molar-refractivity contribution in [2.24, 2.45) is 7.05 Å². The molecule has 2 rings (SSSR count). The third-order valence-corrected chi connectivity index (χ3v) is 3.18. The SMILES string of the molecule is CN(C)CCCNC(=O)C(=O)Nc1ccc(-c2nnn(C)n2)cc1. The van der Waals surface area contributed by atoms with Gasteiger partial charge in [-0.3, -0.25) is 9.59 Å². The second-order valence-corrected chi connectivity index (χ2v) is 5.55. The number of nitrogens with one attached hydrogen (secondary N) is 2. The number of aryl methyl sites for hydroxylation is 1. The molecule has 0 aliphatic rings. The Kier molecular flexibility index (Phi) is 5.96. The third-order valence-electron chi connectivity index (χ3n) is 3.18. The van der Waals surface area contributed by atoms with Crippen molar-refractivity contribution in [3.05, 3.63) is 24.3 Å². The average molecular weight is 331 g/mol. The fourth-order valence-electron chi connectivity index (χ4n) is 1.97. The van der Waals surface area contributed by atoms with E-state index < -0.39 is 11.8 Å². The molecule has 0 bridgehead atoms. The van der Waals surface area contributed by atoms with Gasteiger partial charge >= 0.3 is 11.8 Å². The van der Waals surface area contributed by atoms with Crippen LogP contribution in [0.15, 0.2) is 24.3 Å². The molecule has 2 amide bonds. The molecule has 0 aliphatic heterocycles. The molecule has 0 unspecified atom stereocenters. The number of rotatable bonds is 6. The summed E-state index contributed by atoms with van der Waals surface area (Å²) in [5, 5.41) is 16.9. The lowest BCUT2D eigenvalue weighted by molar-refractivity contribution is -0.136. The monoisotopic (exact) mass is 331 g/mol. The van der Waals surface area contributed by atoms with Crippen LogP contribution >= 0.6 is 0 Å². The number of benzene rings is 1. The predicted octanol–water partition coefficient (Wildman–Crippen LogP) is -0.116. The van der Waals surface area contributed by atoms with E-state index in [1.54, 1.807) is 31.3 Å². The number of carbonyl (C=O) groups is 2. The summed E-state index contributed by atoms with van der Waals surface area (Å²) in [7, 11) is 5.59. The largest absolute Gasteiger partial charge is 0.348 e. The Morgan fingerprint density at radius 3 is 2.46 bits per heavy atom. The van der Waals surface area contributed by atoms with Gasteiger partial charge in [-0.2, -0.15) is 4.80 Å². The highest BCUT2D eigenvalue weighted by Gasteiger charge is 2.13. The van der Waals surface area contributed by atoms with Crippen LogP contribution in [0.4, 0.5) is 5.69 Å². The summed E-state index contributed by atoms with van der Waals surface area (Å²) in [6.45, 7) is 1.31. The number of aromatic nitrogens is 4. The smallest absolute Gasteiger partial charge is 0.313 e. The highest BCUT2D eigenvalue weighted by molar-refractivity contribution is 6.39. The average Bonchev–Trinajstić information content (AvgIpc) is 2.98. The summed E-state index contributed by atoms with van der Waals surface area (Å²) >= 11 is 0. The van der Waals surface area contributed by atoms with Crippen LogP contribution in [-0.2, 0) is 16.6 Å². The van der Waals surface area contributed by atoms with Crippen LogP contribution in [0.3, 0.4) is 0 Å². The number of anilines is 1. The first-order valence-electron chi connectivity index (χ1n) is 7.54. The van der Waals surface area contributed by atoms with Gasteiger partial charge in [-0.15, -0.1) is 10.2 Å². The van der Waals surface area contributed by atoms with Crippen LogP contribution in [0.25, 0.3) is 11.4 Å². The van der Waals surface area contributed by atoms with Gasteiger partial charge in [0.15, 0.2) is 0 Å². The van der Waals surface area contributed by atoms with Crippen molar-refractivity contribution in [1.29, 1.82) is 0 Å². The van der Waals surface area contributed by atoms with E-state index >= 15 is 0 Å². The van der Waals surface area contributed by atoms with Gasteiger partial charge in [0.05, 0.1) is 7.05 Å². The van der Waals surface area contributed by atoms with Crippen molar-refractivity contribution in [3.63, 3.8) is 0 Å². The van der Waals surface area contributed by atoms with E-state index in [9.17, 15) is 9.59 Å². The minimum Gasteiger partial charge on any atom is -0.348 e. The van der Waals surface area contributed by atoms with E-state index in [0.29, 0.717) is 18.1 Å². The number of hydrogen-bond donors (Lipinski definition) is 2.